The van der Waals surface area contributed by atoms with E-state index >= 15 is 0 Å². The van der Waals surface area contributed by atoms with Crippen molar-refractivity contribution in [2.45, 2.75) is 45.1 Å². The van der Waals surface area contributed by atoms with Gasteiger partial charge in [0.25, 0.3) is 0 Å². The van der Waals surface area contributed by atoms with Crippen molar-refractivity contribution < 1.29 is 5.11 Å². The van der Waals surface area contributed by atoms with E-state index in [1.54, 1.807) is 0 Å². The Labute approximate surface area is 62.8 Å². The minimum atomic E-state index is -0.210. The Hall–Kier alpha value is -0.300. The predicted molar refractivity (Wildman–Crippen MR) is 42.8 cm³/mol. The molecule has 1 aliphatic carbocycles. The lowest BCUT2D eigenvalue weighted by atomic mass is 10.1. The van der Waals surface area contributed by atoms with Gasteiger partial charge in [-0.3, -0.25) is 0 Å². The normalized spacial score (nSPS) is 23.2. The van der Waals surface area contributed by atoms with Gasteiger partial charge in [0.15, 0.2) is 0 Å². The summed E-state index contributed by atoms with van der Waals surface area (Å²) < 4.78 is 0. The molecule has 1 nitrogen and oxygen atoms in total. The molecule has 0 heterocycles. The molecule has 0 aromatic carbocycles. The second kappa shape index (κ2) is 3.77. The maximum Gasteiger partial charge on any atom is 0.0721 e. The van der Waals surface area contributed by atoms with Crippen molar-refractivity contribution in [3.05, 3.63) is 11.6 Å². The molecule has 0 aromatic rings. The molecule has 10 heavy (non-hydrogen) atoms. The van der Waals surface area contributed by atoms with E-state index in [4.69, 9.17) is 0 Å². The minimum absolute atomic E-state index is 0.210. The SMILES string of the molecule is CC(O)C1=CCCCCC1. The Kier molecular flexibility index (Phi) is 2.94. The van der Waals surface area contributed by atoms with Gasteiger partial charge in [0, 0.05) is 0 Å². The maximum absolute atomic E-state index is 9.23. The number of allylic oxidation sites excluding steroid dienone is 1. The van der Waals surface area contributed by atoms with Gasteiger partial charge in [0.1, 0.15) is 0 Å². The summed E-state index contributed by atoms with van der Waals surface area (Å²) in [6, 6.07) is 0. The van der Waals surface area contributed by atoms with Crippen molar-refractivity contribution >= 4 is 0 Å². The molecule has 1 rings (SSSR count). The summed E-state index contributed by atoms with van der Waals surface area (Å²) in [6.45, 7) is 1.86. The summed E-state index contributed by atoms with van der Waals surface area (Å²) in [5.41, 5.74) is 1.25. The lowest BCUT2D eigenvalue weighted by Crippen LogP contribution is -2.03. The molecule has 1 heteroatoms. The first kappa shape index (κ1) is 7.80. The summed E-state index contributed by atoms with van der Waals surface area (Å²) in [4.78, 5) is 0. The van der Waals surface area contributed by atoms with Crippen LogP contribution in [0.25, 0.3) is 0 Å². The van der Waals surface area contributed by atoms with Crippen LogP contribution in [0.15, 0.2) is 11.6 Å². The highest BCUT2D eigenvalue weighted by Gasteiger charge is 2.06. The van der Waals surface area contributed by atoms with E-state index in [9.17, 15) is 5.11 Å². The first-order valence-corrected chi connectivity index (χ1v) is 4.17. The van der Waals surface area contributed by atoms with E-state index < -0.39 is 0 Å². The molecule has 0 radical (unpaired) electrons. The molecule has 0 saturated heterocycles. The van der Waals surface area contributed by atoms with Crippen LogP contribution >= 0.6 is 0 Å². The first-order chi connectivity index (χ1) is 4.80. The molecular formula is C9H16O. The van der Waals surface area contributed by atoms with E-state index in [2.05, 4.69) is 6.08 Å². The first-order valence-electron chi connectivity index (χ1n) is 4.17. The van der Waals surface area contributed by atoms with Crippen LogP contribution in [0.1, 0.15) is 39.0 Å². The van der Waals surface area contributed by atoms with E-state index in [1.807, 2.05) is 6.92 Å². The van der Waals surface area contributed by atoms with Gasteiger partial charge >= 0.3 is 0 Å². The van der Waals surface area contributed by atoms with Gasteiger partial charge in [-0.1, -0.05) is 12.5 Å². The van der Waals surface area contributed by atoms with E-state index in [0.29, 0.717) is 0 Å². The largest absolute Gasteiger partial charge is 0.389 e. The maximum atomic E-state index is 9.23. The van der Waals surface area contributed by atoms with Crippen molar-refractivity contribution in [1.29, 1.82) is 0 Å². The molecule has 1 atom stereocenters. The molecule has 0 aromatic heterocycles. The third kappa shape index (κ3) is 2.14. The molecule has 58 valence electrons. The van der Waals surface area contributed by atoms with E-state index in [1.165, 1.54) is 31.3 Å². The van der Waals surface area contributed by atoms with Crippen LogP contribution in [0.3, 0.4) is 0 Å². The second-order valence-electron chi connectivity index (χ2n) is 3.05. The summed E-state index contributed by atoms with van der Waals surface area (Å²) in [7, 11) is 0. The van der Waals surface area contributed by atoms with Crippen LogP contribution < -0.4 is 0 Å². The average molecular weight is 140 g/mol. The zero-order valence-electron chi connectivity index (χ0n) is 6.64. The zero-order chi connectivity index (χ0) is 7.40. The fraction of sp³-hybridized carbons (Fsp3) is 0.778. The lowest BCUT2D eigenvalue weighted by molar-refractivity contribution is 0.226. The number of rotatable bonds is 1. The van der Waals surface area contributed by atoms with Crippen LogP contribution in [-0.4, -0.2) is 11.2 Å². The molecule has 0 bridgehead atoms. The zero-order valence-corrected chi connectivity index (χ0v) is 6.64. The summed E-state index contributed by atoms with van der Waals surface area (Å²) >= 11 is 0. The van der Waals surface area contributed by atoms with Gasteiger partial charge in [-0.05, 0) is 38.2 Å². The molecule has 0 spiro atoms. The molecular weight excluding hydrogens is 124 g/mol. The van der Waals surface area contributed by atoms with Crippen LogP contribution in [0.5, 0.6) is 0 Å². The third-order valence-electron chi connectivity index (χ3n) is 2.11. The van der Waals surface area contributed by atoms with Gasteiger partial charge in [0.2, 0.25) is 0 Å². The number of hydrogen-bond donors (Lipinski definition) is 1. The average Bonchev–Trinajstić information content (AvgIpc) is 2.12. The van der Waals surface area contributed by atoms with Crippen LogP contribution in [-0.2, 0) is 0 Å². The van der Waals surface area contributed by atoms with Gasteiger partial charge in [0.05, 0.1) is 6.10 Å². The van der Waals surface area contributed by atoms with Gasteiger partial charge < -0.3 is 5.11 Å². The van der Waals surface area contributed by atoms with E-state index in [-0.39, 0.29) is 6.10 Å². The van der Waals surface area contributed by atoms with Crippen molar-refractivity contribution in [2.24, 2.45) is 0 Å². The van der Waals surface area contributed by atoms with Crippen molar-refractivity contribution in [1.82, 2.24) is 0 Å². The van der Waals surface area contributed by atoms with Crippen LogP contribution in [0.2, 0.25) is 0 Å². The molecule has 0 saturated carbocycles. The van der Waals surface area contributed by atoms with Crippen LogP contribution in [0.4, 0.5) is 0 Å². The quantitative estimate of drug-likeness (QED) is 0.554. The Morgan fingerprint density at radius 2 is 2.20 bits per heavy atom. The predicted octanol–water partition coefficient (Wildman–Crippen LogP) is 2.26. The summed E-state index contributed by atoms with van der Waals surface area (Å²) in [6.07, 6.45) is 8.16. The fourth-order valence-corrected chi connectivity index (χ4v) is 1.42. The Bertz CT molecular complexity index is 125. The summed E-state index contributed by atoms with van der Waals surface area (Å²) in [5.74, 6) is 0. The van der Waals surface area contributed by atoms with Crippen molar-refractivity contribution in [3.8, 4) is 0 Å². The Balaban J connectivity index is 2.46. The number of hydrogen-bond acceptors (Lipinski definition) is 1. The molecule has 1 aliphatic rings. The van der Waals surface area contributed by atoms with Gasteiger partial charge in [-0.2, -0.15) is 0 Å². The van der Waals surface area contributed by atoms with Crippen molar-refractivity contribution in [3.63, 3.8) is 0 Å². The lowest BCUT2D eigenvalue weighted by Gasteiger charge is -2.06. The molecule has 0 fully saturated rings. The molecule has 1 N–H and O–H groups in total. The van der Waals surface area contributed by atoms with Crippen LogP contribution in [0, 0.1) is 0 Å². The Morgan fingerprint density at radius 1 is 1.40 bits per heavy atom. The molecule has 1 unspecified atom stereocenters. The highest BCUT2D eigenvalue weighted by atomic mass is 16.3. The highest BCUT2D eigenvalue weighted by Crippen LogP contribution is 2.19. The van der Waals surface area contributed by atoms with E-state index in [0.717, 1.165) is 6.42 Å². The van der Waals surface area contributed by atoms with Gasteiger partial charge in [-0.25, -0.2) is 0 Å². The summed E-state index contributed by atoms with van der Waals surface area (Å²) in [5, 5.41) is 9.23. The number of aliphatic hydroxyl groups excluding tert-OH is 1. The number of aliphatic hydroxyl groups is 1. The topological polar surface area (TPSA) is 20.2 Å². The Morgan fingerprint density at radius 3 is 2.90 bits per heavy atom. The molecule has 0 aliphatic heterocycles. The minimum Gasteiger partial charge on any atom is -0.389 e. The monoisotopic (exact) mass is 140 g/mol. The highest BCUT2D eigenvalue weighted by molar-refractivity contribution is 5.07. The standard InChI is InChI=1S/C9H16O/c1-8(10)9-6-4-2-3-5-7-9/h6,8,10H,2-5,7H2,1H3. The third-order valence-corrected chi connectivity index (χ3v) is 2.11. The second-order valence-corrected chi connectivity index (χ2v) is 3.05. The van der Waals surface area contributed by atoms with Crippen molar-refractivity contribution in [2.75, 3.05) is 0 Å². The molecule has 0 amide bonds. The fourth-order valence-electron chi connectivity index (χ4n) is 1.42. The van der Waals surface area contributed by atoms with Gasteiger partial charge in [-0.15, -0.1) is 0 Å². The smallest absolute Gasteiger partial charge is 0.0721 e.